The third-order valence-corrected chi connectivity index (χ3v) is 6.99. The Hall–Kier alpha value is -1.72. The normalized spacial score (nSPS) is 38.6. The molecule has 2 atom stereocenters. The molecule has 0 spiro atoms. The minimum absolute atomic E-state index is 0.0290. The second kappa shape index (κ2) is 4.71. The van der Waals surface area contributed by atoms with Crippen LogP contribution in [0.3, 0.4) is 0 Å². The van der Waals surface area contributed by atoms with Gasteiger partial charge in [-0.05, 0) is 38.2 Å². The molecular formula is C19H20F3NO2. The molecule has 6 heteroatoms. The van der Waals surface area contributed by atoms with Gasteiger partial charge in [-0.25, -0.2) is 0 Å². The number of ether oxygens (including phenoxy) is 1. The van der Waals surface area contributed by atoms with Gasteiger partial charge in [-0.3, -0.25) is 4.79 Å². The smallest absolute Gasteiger partial charge is 0.394 e. The molecule has 3 fully saturated rings. The number of alkyl halides is 3. The Morgan fingerprint density at radius 2 is 1.88 bits per heavy atom. The lowest BCUT2D eigenvalue weighted by molar-refractivity contribution is -0.220. The zero-order chi connectivity index (χ0) is 17.4. The Bertz CT molecular complexity index is 736. The molecule has 0 aromatic heterocycles. The number of amides is 1. The van der Waals surface area contributed by atoms with Crippen LogP contribution in [0.1, 0.15) is 50.1 Å². The van der Waals surface area contributed by atoms with Crippen molar-refractivity contribution in [2.45, 2.75) is 56.8 Å². The SMILES string of the molecule is O=C(N1C[C@@H]2C[C@H]1c1ccccc1O2)C12CCC(C(F)(F)F)(CC1)C2. The molecule has 2 aliphatic carbocycles. The molecule has 4 aliphatic rings. The first-order chi connectivity index (χ1) is 11.8. The Labute approximate surface area is 144 Å². The lowest BCUT2D eigenvalue weighted by atomic mass is 9.81. The van der Waals surface area contributed by atoms with Crippen molar-refractivity contribution in [2.75, 3.05) is 6.54 Å². The molecule has 1 aromatic rings. The van der Waals surface area contributed by atoms with E-state index in [1.807, 2.05) is 29.2 Å². The van der Waals surface area contributed by atoms with Crippen LogP contribution in [-0.2, 0) is 4.79 Å². The van der Waals surface area contributed by atoms with Crippen molar-refractivity contribution in [2.24, 2.45) is 10.8 Å². The van der Waals surface area contributed by atoms with Crippen molar-refractivity contribution in [3.05, 3.63) is 29.8 Å². The molecule has 0 radical (unpaired) electrons. The second-order valence-corrected chi connectivity index (χ2v) is 8.22. The standard InChI is InChI=1S/C19H20F3NO2/c20-19(21,22)18-7-5-17(11-18,6-8-18)16(24)23-10-12-9-14(23)13-3-1-2-4-15(13)25-12/h1-4,12,14H,5-11H2/t12-,14-,17?,18?/m0/s1. The van der Waals surface area contributed by atoms with E-state index in [1.165, 1.54) is 0 Å². The van der Waals surface area contributed by atoms with Gasteiger partial charge in [0.05, 0.1) is 23.4 Å². The number of carbonyl (C=O) groups excluding carboxylic acids is 1. The number of fused-ring (bicyclic) bond motifs is 6. The number of carbonyl (C=O) groups is 1. The summed E-state index contributed by atoms with van der Waals surface area (Å²) in [6, 6.07) is 7.63. The number of hydrogen-bond donors (Lipinski definition) is 0. The molecule has 0 N–H and O–H groups in total. The summed E-state index contributed by atoms with van der Waals surface area (Å²) in [6.45, 7) is 0.485. The molecule has 2 aliphatic heterocycles. The summed E-state index contributed by atoms with van der Waals surface area (Å²) in [5.74, 6) is 0.725. The van der Waals surface area contributed by atoms with Crippen molar-refractivity contribution in [3.63, 3.8) is 0 Å². The van der Waals surface area contributed by atoms with Gasteiger partial charge < -0.3 is 9.64 Å². The Balaban J connectivity index is 1.45. The van der Waals surface area contributed by atoms with Crippen LogP contribution in [0.15, 0.2) is 24.3 Å². The highest BCUT2D eigenvalue weighted by atomic mass is 19.4. The molecule has 3 nitrogen and oxygen atoms in total. The number of hydrogen-bond acceptors (Lipinski definition) is 2. The zero-order valence-corrected chi connectivity index (χ0v) is 13.8. The Morgan fingerprint density at radius 1 is 1.16 bits per heavy atom. The molecule has 0 unspecified atom stereocenters. The minimum Gasteiger partial charge on any atom is -0.488 e. The quantitative estimate of drug-likeness (QED) is 0.758. The number of benzene rings is 1. The summed E-state index contributed by atoms with van der Waals surface area (Å²) in [7, 11) is 0. The lowest BCUT2D eigenvalue weighted by Gasteiger charge is -2.34. The highest BCUT2D eigenvalue weighted by Crippen LogP contribution is 2.68. The maximum atomic E-state index is 13.5. The van der Waals surface area contributed by atoms with Crippen LogP contribution in [-0.4, -0.2) is 29.6 Å². The fraction of sp³-hybridized carbons (Fsp3) is 0.632. The van der Waals surface area contributed by atoms with Gasteiger partial charge in [-0.1, -0.05) is 18.2 Å². The van der Waals surface area contributed by atoms with Crippen LogP contribution in [0, 0.1) is 10.8 Å². The molecule has 2 saturated carbocycles. The third kappa shape index (κ3) is 1.97. The van der Waals surface area contributed by atoms with Gasteiger partial charge >= 0.3 is 6.18 Å². The van der Waals surface area contributed by atoms with Crippen LogP contribution >= 0.6 is 0 Å². The molecule has 1 aromatic carbocycles. The van der Waals surface area contributed by atoms with Crippen LogP contribution in [0.2, 0.25) is 0 Å². The van der Waals surface area contributed by atoms with E-state index in [4.69, 9.17) is 4.74 Å². The Morgan fingerprint density at radius 3 is 2.56 bits per heavy atom. The average Bonchev–Trinajstić information content (AvgIpc) is 3.26. The second-order valence-electron chi connectivity index (χ2n) is 8.22. The predicted molar refractivity (Wildman–Crippen MR) is 83.9 cm³/mol. The monoisotopic (exact) mass is 351 g/mol. The predicted octanol–water partition coefficient (Wildman–Crippen LogP) is 4.23. The molecule has 4 bridgehead atoms. The van der Waals surface area contributed by atoms with E-state index in [2.05, 4.69) is 0 Å². The first-order valence-electron chi connectivity index (χ1n) is 8.97. The molecule has 5 rings (SSSR count). The molecule has 1 saturated heterocycles. The van der Waals surface area contributed by atoms with Crippen LogP contribution < -0.4 is 4.74 Å². The highest BCUT2D eigenvalue weighted by molar-refractivity contribution is 5.85. The zero-order valence-electron chi connectivity index (χ0n) is 13.8. The van der Waals surface area contributed by atoms with Crippen molar-refractivity contribution in [1.29, 1.82) is 0 Å². The Kier molecular flexibility index (Phi) is 2.93. The van der Waals surface area contributed by atoms with Crippen LogP contribution in [0.5, 0.6) is 5.75 Å². The number of likely N-dealkylation sites (tertiary alicyclic amines) is 1. The van der Waals surface area contributed by atoms with Crippen molar-refractivity contribution in [1.82, 2.24) is 4.90 Å². The van der Waals surface area contributed by atoms with E-state index < -0.39 is 17.0 Å². The van der Waals surface area contributed by atoms with Crippen LogP contribution in [0.4, 0.5) is 13.2 Å². The maximum Gasteiger partial charge on any atom is 0.394 e. The van der Waals surface area contributed by atoms with E-state index in [0.717, 1.165) is 17.7 Å². The van der Waals surface area contributed by atoms with Gasteiger partial charge in [0.1, 0.15) is 11.9 Å². The molecule has 1 amide bonds. The summed E-state index contributed by atoms with van der Waals surface area (Å²) in [6.07, 6.45) is -2.63. The summed E-state index contributed by atoms with van der Waals surface area (Å²) in [5.41, 5.74) is -1.47. The summed E-state index contributed by atoms with van der Waals surface area (Å²) < 4.78 is 46.5. The lowest BCUT2D eigenvalue weighted by Crippen LogP contribution is -2.41. The van der Waals surface area contributed by atoms with Crippen molar-refractivity contribution in [3.8, 4) is 5.75 Å². The largest absolute Gasteiger partial charge is 0.488 e. The van der Waals surface area contributed by atoms with Gasteiger partial charge in [-0.15, -0.1) is 0 Å². The summed E-state index contributed by atoms with van der Waals surface area (Å²) >= 11 is 0. The first-order valence-corrected chi connectivity index (χ1v) is 8.97. The van der Waals surface area contributed by atoms with E-state index in [9.17, 15) is 18.0 Å². The molecule has 2 heterocycles. The van der Waals surface area contributed by atoms with Gasteiger partial charge in [0.15, 0.2) is 0 Å². The van der Waals surface area contributed by atoms with Gasteiger partial charge in [-0.2, -0.15) is 13.2 Å². The summed E-state index contributed by atoms with van der Waals surface area (Å²) in [4.78, 5) is 15.2. The number of para-hydroxylation sites is 1. The average molecular weight is 351 g/mol. The summed E-state index contributed by atoms with van der Waals surface area (Å²) in [5, 5.41) is 0. The van der Waals surface area contributed by atoms with Crippen molar-refractivity contribution >= 4 is 5.91 Å². The molecular weight excluding hydrogens is 331 g/mol. The van der Waals surface area contributed by atoms with E-state index in [-0.39, 0.29) is 37.3 Å². The number of nitrogens with zero attached hydrogens (tertiary/aromatic N) is 1. The molecule has 25 heavy (non-hydrogen) atoms. The van der Waals surface area contributed by atoms with Crippen LogP contribution in [0.25, 0.3) is 0 Å². The molecule has 134 valence electrons. The fourth-order valence-corrected chi connectivity index (χ4v) is 5.63. The van der Waals surface area contributed by atoms with E-state index >= 15 is 0 Å². The topological polar surface area (TPSA) is 29.5 Å². The van der Waals surface area contributed by atoms with Gasteiger partial charge in [0.2, 0.25) is 5.91 Å². The third-order valence-electron chi connectivity index (χ3n) is 6.99. The highest BCUT2D eigenvalue weighted by Gasteiger charge is 2.69. The minimum atomic E-state index is -4.21. The van der Waals surface area contributed by atoms with E-state index in [0.29, 0.717) is 19.4 Å². The van der Waals surface area contributed by atoms with E-state index in [1.54, 1.807) is 0 Å². The fourth-order valence-electron chi connectivity index (χ4n) is 5.63. The maximum absolute atomic E-state index is 13.5. The van der Waals surface area contributed by atoms with Gasteiger partial charge in [0, 0.05) is 12.0 Å². The van der Waals surface area contributed by atoms with Crippen molar-refractivity contribution < 1.29 is 22.7 Å². The number of halogens is 3. The first kappa shape index (κ1) is 15.5. The number of rotatable bonds is 1. The van der Waals surface area contributed by atoms with Gasteiger partial charge in [0.25, 0.3) is 0 Å².